The highest BCUT2D eigenvalue weighted by molar-refractivity contribution is 4.85. The molecule has 1 rings (SSSR count). The van der Waals surface area contributed by atoms with E-state index in [1.165, 1.54) is 19.6 Å². The average Bonchev–Trinajstić information content (AvgIpc) is 2.57. The van der Waals surface area contributed by atoms with Gasteiger partial charge in [0, 0.05) is 24.7 Å². The van der Waals surface area contributed by atoms with E-state index >= 15 is 0 Å². The third-order valence-electron chi connectivity index (χ3n) is 4.25. The fraction of sp³-hybridized carbons (Fsp3) is 1.00. The highest BCUT2D eigenvalue weighted by atomic mass is 16.3. The van der Waals surface area contributed by atoms with Crippen LogP contribution in [0.3, 0.4) is 0 Å². The van der Waals surface area contributed by atoms with Gasteiger partial charge in [0.2, 0.25) is 0 Å². The Morgan fingerprint density at radius 3 is 2.28 bits per heavy atom. The lowest BCUT2D eigenvalue weighted by atomic mass is 9.95. The summed E-state index contributed by atoms with van der Waals surface area (Å²) in [5.74, 6) is 1.67. The summed E-state index contributed by atoms with van der Waals surface area (Å²) in [5.41, 5.74) is -0.120. The molecule has 3 unspecified atom stereocenters. The number of aliphatic hydroxyl groups excluding tert-OH is 1. The Balaban J connectivity index is 2.27. The average molecular weight is 256 g/mol. The molecule has 0 aromatic heterocycles. The molecule has 3 heteroatoms. The summed E-state index contributed by atoms with van der Waals surface area (Å²) in [6.07, 6.45) is 2.21. The highest BCUT2D eigenvalue weighted by Crippen LogP contribution is 2.23. The number of hydrogen-bond acceptors (Lipinski definition) is 3. The molecule has 0 amide bonds. The van der Waals surface area contributed by atoms with Gasteiger partial charge in [-0.05, 0) is 38.1 Å². The molecule has 0 aromatic rings. The SMILES string of the molecule is CC(C)NC(C)(CO)CCCN1CC(C)C(C)C1. The molecule has 0 bridgehead atoms. The van der Waals surface area contributed by atoms with Crippen LogP contribution in [0, 0.1) is 11.8 Å². The standard InChI is InChI=1S/C15H32N2O/c1-12(2)16-15(5,11-18)7-6-8-17-9-13(3)14(4)10-17/h12-14,16,18H,6-11H2,1-5H3. The van der Waals surface area contributed by atoms with Crippen molar-refractivity contribution in [3.63, 3.8) is 0 Å². The minimum absolute atomic E-state index is 0.120. The number of aliphatic hydroxyl groups is 1. The third-order valence-corrected chi connectivity index (χ3v) is 4.25. The highest BCUT2D eigenvalue weighted by Gasteiger charge is 2.27. The summed E-state index contributed by atoms with van der Waals surface area (Å²) < 4.78 is 0. The van der Waals surface area contributed by atoms with Crippen LogP contribution in [-0.2, 0) is 0 Å². The molecule has 2 N–H and O–H groups in total. The van der Waals surface area contributed by atoms with E-state index in [-0.39, 0.29) is 12.1 Å². The van der Waals surface area contributed by atoms with Crippen molar-refractivity contribution in [1.82, 2.24) is 10.2 Å². The predicted molar refractivity (Wildman–Crippen MR) is 77.8 cm³/mol. The van der Waals surface area contributed by atoms with Crippen LogP contribution in [0.2, 0.25) is 0 Å². The summed E-state index contributed by atoms with van der Waals surface area (Å²) in [6, 6.07) is 0.425. The summed E-state index contributed by atoms with van der Waals surface area (Å²) in [5, 5.41) is 13.0. The van der Waals surface area contributed by atoms with Crippen LogP contribution in [0.5, 0.6) is 0 Å². The molecule has 3 atom stereocenters. The van der Waals surface area contributed by atoms with Crippen LogP contribution in [0.25, 0.3) is 0 Å². The summed E-state index contributed by atoms with van der Waals surface area (Å²) >= 11 is 0. The quantitative estimate of drug-likeness (QED) is 0.732. The Bertz CT molecular complexity index is 235. The number of nitrogens with one attached hydrogen (secondary N) is 1. The molecule has 1 fully saturated rings. The van der Waals surface area contributed by atoms with Crippen LogP contribution in [0.15, 0.2) is 0 Å². The van der Waals surface area contributed by atoms with Gasteiger partial charge in [0.1, 0.15) is 0 Å². The predicted octanol–water partition coefficient (Wildman–Crippen LogP) is 2.10. The molecule has 0 aromatic carbocycles. The Kier molecular flexibility index (Phi) is 6.09. The first-order valence-corrected chi connectivity index (χ1v) is 7.47. The van der Waals surface area contributed by atoms with Crippen LogP contribution < -0.4 is 5.32 Å². The second kappa shape index (κ2) is 6.88. The monoisotopic (exact) mass is 256 g/mol. The van der Waals surface area contributed by atoms with Crippen LogP contribution in [0.4, 0.5) is 0 Å². The fourth-order valence-electron chi connectivity index (χ4n) is 3.02. The Morgan fingerprint density at radius 2 is 1.83 bits per heavy atom. The largest absolute Gasteiger partial charge is 0.394 e. The topological polar surface area (TPSA) is 35.5 Å². The van der Waals surface area contributed by atoms with E-state index in [1.54, 1.807) is 0 Å². The van der Waals surface area contributed by atoms with Gasteiger partial charge in [0.15, 0.2) is 0 Å². The van der Waals surface area contributed by atoms with Crippen molar-refractivity contribution < 1.29 is 5.11 Å². The number of likely N-dealkylation sites (tertiary alicyclic amines) is 1. The lowest BCUT2D eigenvalue weighted by Crippen LogP contribution is -2.49. The molecular formula is C15H32N2O. The molecular weight excluding hydrogens is 224 g/mol. The summed E-state index contributed by atoms with van der Waals surface area (Å²) in [6.45, 7) is 15.0. The van der Waals surface area contributed by atoms with Crippen molar-refractivity contribution >= 4 is 0 Å². The molecule has 1 aliphatic heterocycles. The van der Waals surface area contributed by atoms with E-state index in [2.05, 4.69) is 44.8 Å². The third kappa shape index (κ3) is 4.87. The van der Waals surface area contributed by atoms with Crippen molar-refractivity contribution in [2.75, 3.05) is 26.2 Å². The van der Waals surface area contributed by atoms with Gasteiger partial charge in [0.25, 0.3) is 0 Å². The van der Waals surface area contributed by atoms with E-state index < -0.39 is 0 Å². The Labute approximate surface area is 113 Å². The zero-order chi connectivity index (χ0) is 13.8. The van der Waals surface area contributed by atoms with Crippen LogP contribution in [-0.4, -0.2) is 47.8 Å². The Morgan fingerprint density at radius 1 is 1.28 bits per heavy atom. The van der Waals surface area contributed by atoms with Gasteiger partial charge in [-0.3, -0.25) is 0 Å². The van der Waals surface area contributed by atoms with Crippen molar-refractivity contribution in [3.8, 4) is 0 Å². The van der Waals surface area contributed by atoms with E-state index in [9.17, 15) is 5.11 Å². The lowest BCUT2D eigenvalue weighted by Gasteiger charge is -2.32. The fourth-order valence-corrected chi connectivity index (χ4v) is 3.02. The maximum absolute atomic E-state index is 9.53. The first-order chi connectivity index (χ1) is 8.36. The zero-order valence-corrected chi connectivity index (χ0v) is 12.9. The Hall–Kier alpha value is -0.120. The zero-order valence-electron chi connectivity index (χ0n) is 12.9. The first-order valence-electron chi connectivity index (χ1n) is 7.47. The number of rotatable bonds is 7. The van der Waals surface area contributed by atoms with Gasteiger partial charge in [-0.15, -0.1) is 0 Å². The molecule has 1 heterocycles. The number of hydrogen-bond donors (Lipinski definition) is 2. The van der Waals surface area contributed by atoms with Gasteiger partial charge in [-0.1, -0.05) is 27.7 Å². The van der Waals surface area contributed by atoms with E-state index in [0.29, 0.717) is 6.04 Å². The maximum atomic E-state index is 9.53. The maximum Gasteiger partial charge on any atom is 0.0610 e. The van der Waals surface area contributed by atoms with Gasteiger partial charge in [-0.2, -0.15) is 0 Å². The molecule has 3 nitrogen and oxygen atoms in total. The lowest BCUT2D eigenvalue weighted by molar-refractivity contribution is 0.150. The van der Waals surface area contributed by atoms with Gasteiger partial charge in [-0.25, -0.2) is 0 Å². The first kappa shape index (κ1) is 15.9. The van der Waals surface area contributed by atoms with Crippen molar-refractivity contribution in [3.05, 3.63) is 0 Å². The second-order valence-electron chi connectivity index (χ2n) is 6.84. The molecule has 0 saturated carbocycles. The molecule has 1 saturated heterocycles. The smallest absolute Gasteiger partial charge is 0.0610 e. The second-order valence-corrected chi connectivity index (χ2v) is 6.84. The van der Waals surface area contributed by atoms with Crippen LogP contribution >= 0.6 is 0 Å². The molecule has 0 spiro atoms. The molecule has 0 aliphatic carbocycles. The summed E-state index contributed by atoms with van der Waals surface area (Å²) in [7, 11) is 0. The van der Waals surface area contributed by atoms with Crippen molar-refractivity contribution in [2.45, 2.75) is 59.0 Å². The van der Waals surface area contributed by atoms with E-state index in [0.717, 1.165) is 24.7 Å². The van der Waals surface area contributed by atoms with E-state index in [4.69, 9.17) is 0 Å². The van der Waals surface area contributed by atoms with Gasteiger partial charge < -0.3 is 15.3 Å². The normalized spacial score (nSPS) is 28.8. The molecule has 108 valence electrons. The minimum atomic E-state index is -0.120. The summed E-state index contributed by atoms with van der Waals surface area (Å²) in [4.78, 5) is 2.57. The minimum Gasteiger partial charge on any atom is -0.394 e. The van der Waals surface area contributed by atoms with Crippen molar-refractivity contribution in [1.29, 1.82) is 0 Å². The molecule has 18 heavy (non-hydrogen) atoms. The van der Waals surface area contributed by atoms with Crippen LogP contribution in [0.1, 0.15) is 47.5 Å². The number of nitrogens with zero attached hydrogens (tertiary/aromatic N) is 1. The van der Waals surface area contributed by atoms with Gasteiger partial charge >= 0.3 is 0 Å². The molecule has 0 radical (unpaired) electrons. The van der Waals surface area contributed by atoms with Crippen molar-refractivity contribution in [2.24, 2.45) is 11.8 Å². The van der Waals surface area contributed by atoms with E-state index in [1.807, 2.05) is 0 Å². The molecule has 1 aliphatic rings. The van der Waals surface area contributed by atoms with Gasteiger partial charge in [0.05, 0.1) is 6.61 Å².